The Morgan fingerprint density at radius 3 is 2.46 bits per heavy atom. The van der Waals surface area contributed by atoms with Crippen molar-refractivity contribution < 1.29 is 19.1 Å². The average Bonchev–Trinajstić information content (AvgIpc) is 3.16. The summed E-state index contributed by atoms with van der Waals surface area (Å²) in [6.45, 7) is 3.65. The summed E-state index contributed by atoms with van der Waals surface area (Å²) in [4.78, 5) is 37.8. The molecule has 0 aliphatic carbocycles. The largest absolute Gasteiger partial charge is 0.449 e. The second kappa shape index (κ2) is 9.00. The first kappa shape index (κ1) is 19.5. The molecule has 8 heteroatoms. The summed E-state index contributed by atoms with van der Waals surface area (Å²) in [5.74, 6) is -0.615. The van der Waals surface area contributed by atoms with Crippen LogP contribution in [0, 0.1) is 0 Å². The van der Waals surface area contributed by atoms with Crippen molar-refractivity contribution in [3.8, 4) is 0 Å². The van der Waals surface area contributed by atoms with Gasteiger partial charge < -0.3 is 15.4 Å². The molecule has 2 rings (SSSR count). The minimum atomic E-state index is -0.688. The van der Waals surface area contributed by atoms with Gasteiger partial charge in [0.05, 0.1) is 11.5 Å². The number of thiophene rings is 1. The van der Waals surface area contributed by atoms with Crippen LogP contribution in [0.25, 0.3) is 0 Å². The van der Waals surface area contributed by atoms with Gasteiger partial charge in [0.1, 0.15) is 6.04 Å². The fourth-order valence-electron chi connectivity index (χ4n) is 2.09. The highest BCUT2D eigenvalue weighted by atomic mass is 32.1. The number of benzene rings is 1. The number of nitrogens with one attached hydrogen (secondary N) is 2. The Kier molecular flexibility index (Phi) is 6.74. The van der Waals surface area contributed by atoms with E-state index >= 15 is 0 Å². The lowest BCUT2D eigenvalue weighted by Gasteiger charge is -2.17. The Bertz CT molecular complexity index is 759. The van der Waals surface area contributed by atoms with E-state index in [0.717, 1.165) is 0 Å². The van der Waals surface area contributed by atoms with Crippen molar-refractivity contribution in [2.24, 2.45) is 0 Å². The number of nitrogens with zero attached hydrogens (tertiary/aromatic N) is 1. The molecule has 3 amide bonds. The standard InChI is InChI=1S/C18H21N3O4S/c1-4-25-18(24)21(3)14-9-7-13(8-10-14)20-16(22)12(2)19-17(23)15-6-5-11-26-15/h5-12H,4H2,1-3H3,(H,19,23)(H,20,22). The van der Waals surface area contributed by atoms with Gasteiger partial charge in [-0.3, -0.25) is 14.5 Å². The number of ether oxygens (including phenoxy) is 1. The average molecular weight is 375 g/mol. The normalized spacial score (nSPS) is 11.3. The lowest BCUT2D eigenvalue weighted by Crippen LogP contribution is -2.41. The minimum absolute atomic E-state index is 0.283. The van der Waals surface area contributed by atoms with Gasteiger partial charge >= 0.3 is 6.09 Å². The van der Waals surface area contributed by atoms with E-state index in [1.54, 1.807) is 62.7 Å². The third-order valence-corrected chi connectivity index (χ3v) is 4.42. The maximum Gasteiger partial charge on any atom is 0.413 e. The van der Waals surface area contributed by atoms with Gasteiger partial charge in [-0.2, -0.15) is 0 Å². The highest BCUT2D eigenvalue weighted by molar-refractivity contribution is 7.12. The Balaban J connectivity index is 1.92. The van der Waals surface area contributed by atoms with Gasteiger partial charge in [-0.05, 0) is 49.6 Å². The minimum Gasteiger partial charge on any atom is -0.449 e. The zero-order valence-electron chi connectivity index (χ0n) is 14.8. The third kappa shape index (κ3) is 5.06. The predicted octanol–water partition coefficient (Wildman–Crippen LogP) is 3.10. The number of hydrogen-bond donors (Lipinski definition) is 2. The summed E-state index contributed by atoms with van der Waals surface area (Å²) < 4.78 is 4.93. The third-order valence-electron chi connectivity index (χ3n) is 3.55. The number of hydrogen-bond acceptors (Lipinski definition) is 5. The van der Waals surface area contributed by atoms with Gasteiger partial charge in [0.15, 0.2) is 0 Å². The SMILES string of the molecule is CCOC(=O)N(C)c1ccc(NC(=O)C(C)NC(=O)c2cccs2)cc1. The van der Waals surface area contributed by atoms with E-state index in [0.29, 0.717) is 22.9 Å². The van der Waals surface area contributed by atoms with Crippen LogP contribution in [0.5, 0.6) is 0 Å². The molecule has 0 aliphatic heterocycles. The van der Waals surface area contributed by atoms with E-state index in [4.69, 9.17) is 4.74 Å². The molecule has 0 aliphatic rings. The van der Waals surface area contributed by atoms with Crippen molar-refractivity contribution in [2.75, 3.05) is 23.9 Å². The van der Waals surface area contributed by atoms with E-state index in [1.807, 2.05) is 0 Å². The molecule has 0 saturated carbocycles. The lowest BCUT2D eigenvalue weighted by atomic mass is 10.2. The van der Waals surface area contributed by atoms with Crippen LogP contribution in [-0.4, -0.2) is 37.6 Å². The number of carbonyl (C=O) groups excluding carboxylic acids is 3. The number of anilines is 2. The van der Waals surface area contributed by atoms with Crippen LogP contribution in [0.3, 0.4) is 0 Å². The zero-order valence-corrected chi connectivity index (χ0v) is 15.6. The van der Waals surface area contributed by atoms with E-state index in [-0.39, 0.29) is 11.8 Å². The van der Waals surface area contributed by atoms with Gasteiger partial charge in [0.25, 0.3) is 5.91 Å². The molecule has 0 radical (unpaired) electrons. The van der Waals surface area contributed by atoms with Crippen LogP contribution in [0.15, 0.2) is 41.8 Å². The summed E-state index contributed by atoms with van der Waals surface area (Å²) in [6, 6.07) is 9.53. The molecule has 1 unspecified atom stereocenters. The monoisotopic (exact) mass is 375 g/mol. The molecule has 0 bridgehead atoms. The second-order valence-corrected chi connectivity index (χ2v) is 6.41. The lowest BCUT2D eigenvalue weighted by molar-refractivity contribution is -0.117. The van der Waals surface area contributed by atoms with Crippen LogP contribution in [0.4, 0.5) is 16.2 Å². The Morgan fingerprint density at radius 1 is 1.19 bits per heavy atom. The molecule has 26 heavy (non-hydrogen) atoms. The molecular weight excluding hydrogens is 354 g/mol. The molecule has 7 nitrogen and oxygen atoms in total. The van der Waals surface area contributed by atoms with Crippen LogP contribution in [0.2, 0.25) is 0 Å². The molecule has 1 heterocycles. The number of amides is 3. The van der Waals surface area contributed by atoms with Gasteiger partial charge in [0.2, 0.25) is 5.91 Å². The van der Waals surface area contributed by atoms with Crippen LogP contribution >= 0.6 is 11.3 Å². The second-order valence-electron chi connectivity index (χ2n) is 5.47. The van der Waals surface area contributed by atoms with Crippen molar-refractivity contribution in [2.45, 2.75) is 19.9 Å². The molecule has 2 N–H and O–H groups in total. The zero-order chi connectivity index (χ0) is 19.1. The van der Waals surface area contributed by atoms with E-state index < -0.39 is 12.1 Å². The van der Waals surface area contributed by atoms with Gasteiger partial charge in [-0.15, -0.1) is 11.3 Å². The Labute approximate surface area is 156 Å². The molecular formula is C18H21N3O4S. The fraction of sp³-hybridized carbons (Fsp3) is 0.278. The summed E-state index contributed by atoms with van der Waals surface area (Å²) >= 11 is 1.31. The van der Waals surface area contributed by atoms with Crippen LogP contribution < -0.4 is 15.5 Å². The van der Waals surface area contributed by atoms with E-state index in [9.17, 15) is 14.4 Å². The predicted molar refractivity (Wildman–Crippen MR) is 102 cm³/mol. The highest BCUT2D eigenvalue weighted by Gasteiger charge is 2.17. The molecule has 0 spiro atoms. The maximum absolute atomic E-state index is 12.2. The molecule has 1 atom stereocenters. The number of rotatable bonds is 6. The van der Waals surface area contributed by atoms with Crippen molar-refractivity contribution in [3.63, 3.8) is 0 Å². The molecule has 138 valence electrons. The van der Waals surface area contributed by atoms with Gasteiger partial charge in [-0.1, -0.05) is 6.07 Å². The highest BCUT2D eigenvalue weighted by Crippen LogP contribution is 2.18. The van der Waals surface area contributed by atoms with E-state index in [2.05, 4.69) is 10.6 Å². The number of carbonyl (C=O) groups is 3. The van der Waals surface area contributed by atoms with Crippen molar-refractivity contribution in [1.82, 2.24) is 5.32 Å². The summed E-state index contributed by atoms with van der Waals surface area (Å²) in [6.07, 6.45) is -0.450. The van der Waals surface area contributed by atoms with E-state index in [1.165, 1.54) is 16.2 Å². The first-order valence-corrected chi connectivity index (χ1v) is 8.96. The van der Waals surface area contributed by atoms with Gasteiger partial charge in [0, 0.05) is 18.4 Å². The molecule has 2 aromatic rings. The first-order chi connectivity index (χ1) is 12.4. The maximum atomic E-state index is 12.2. The fourth-order valence-corrected chi connectivity index (χ4v) is 2.71. The van der Waals surface area contributed by atoms with Crippen LogP contribution in [0.1, 0.15) is 23.5 Å². The first-order valence-electron chi connectivity index (χ1n) is 8.08. The molecule has 0 saturated heterocycles. The van der Waals surface area contributed by atoms with Gasteiger partial charge in [-0.25, -0.2) is 4.79 Å². The van der Waals surface area contributed by atoms with Crippen molar-refractivity contribution >= 4 is 40.6 Å². The van der Waals surface area contributed by atoms with Crippen molar-refractivity contribution in [3.05, 3.63) is 46.7 Å². The Morgan fingerprint density at radius 2 is 1.88 bits per heavy atom. The topological polar surface area (TPSA) is 87.7 Å². The molecule has 0 fully saturated rings. The van der Waals surface area contributed by atoms with Crippen molar-refractivity contribution in [1.29, 1.82) is 0 Å². The summed E-state index contributed by atoms with van der Waals surface area (Å²) in [7, 11) is 1.60. The molecule has 1 aromatic heterocycles. The van der Waals surface area contributed by atoms with Crippen LogP contribution in [-0.2, 0) is 9.53 Å². The smallest absolute Gasteiger partial charge is 0.413 e. The quantitative estimate of drug-likeness (QED) is 0.812. The molecule has 1 aromatic carbocycles. The summed E-state index contributed by atoms with van der Waals surface area (Å²) in [5, 5.41) is 7.18. The summed E-state index contributed by atoms with van der Waals surface area (Å²) in [5.41, 5.74) is 1.20. The Hall–Kier alpha value is -2.87.